The summed E-state index contributed by atoms with van der Waals surface area (Å²) in [6.45, 7) is 2.76. The Hall–Kier alpha value is -3.29. The Balaban J connectivity index is 1.96. The molecule has 1 aromatic heterocycles. The number of nitrogens with zero attached hydrogens (tertiary/aromatic N) is 1. The summed E-state index contributed by atoms with van der Waals surface area (Å²) in [6, 6.07) is 9.41. The lowest BCUT2D eigenvalue weighted by Crippen LogP contribution is -2.43. The van der Waals surface area contributed by atoms with Gasteiger partial charge in [0.05, 0.1) is 6.26 Å². The number of benzene rings is 1. The summed E-state index contributed by atoms with van der Waals surface area (Å²) in [6.07, 6.45) is 1.40. The molecule has 8 nitrogen and oxygen atoms in total. The predicted octanol–water partition coefficient (Wildman–Crippen LogP) is 2.23. The van der Waals surface area contributed by atoms with Crippen molar-refractivity contribution in [1.82, 2.24) is 4.90 Å². The first-order chi connectivity index (χ1) is 12.4. The molecule has 2 rings (SSSR count). The molecule has 138 valence electrons. The number of carbonyl (C=O) groups excluding carboxylic acids is 2. The topological polar surface area (TPSA) is 109 Å². The number of nitrogens with one attached hydrogen (secondary N) is 1. The fourth-order valence-electron chi connectivity index (χ4n) is 2.20. The van der Waals surface area contributed by atoms with Crippen molar-refractivity contribution in [3.8, 4) is 5.75 Å². The number of amides is 2. The van der Waals surface area contributed by atoms with Crippen molar-refractivity contribution in [2.45, 2.75) is 19.9 Å². The molecule has 0 saturated carbocycles. The predicted molar refractivity (Wildman–Crippen MR) is 93.1 cm³/mol. The Bertz CT molecular complexity index is 770. The third-order valence-corrected chi connectivity index (χ3v) is 3.45. The molecule has 8 heteroatoms. The number of carbonyl (C=O) groups is 3. The highest BCUT2D eigenvalue weighted by Crippen LogP contribution is 2.18. The number of aliphatic carboxylic acids is 1. The van der Waals surface area contributed by atoms with Gasteiger partial charge in [-0.1, -0.05) is 6.07 Å². The van der Waals surface area contributed by atoms with Crippen LogP contribution >= 0.6 is 0 Å². The zero-order valence-corrected chi connectivity index (χ0v) is 14.5. The van der Waals surface area contributed by atoms with Gasteiger partial charge in [0.25, 0.3) is 11.8 Å². The maximum absolute atomic E-state index is 12.2. The number of carboxylic acid groups (broad SMARTS) is 1. The van der Waals surface area contributed by atoms with E-state index in [1.54, 1.807) is 44.2 Å². The van der Waals surface area contributed by atoms with Crippen LogP contribution in [0.5, 0.6) is 5.75 Å². The molecule has 0 fully saturated rings. The Morgan fingerprint density at radius 1 is 1.23 bits per heavy atom. The molecule has 26 heavy (non-hydrogen) atoms. The largest absolute Gasteiger partial charge is 0.484 e. The van der Waals surface area contributed by atoms with Crippen molar-refractivity contribution < 1.29 is 28.6 Å². The first-order valence-electron chi connectivity index (χ1n) is 7.96. The molecule has 0 radical (unpaired) electrons. The van der Waals surface area contributed by atoms with Gasteiger partial charge in [-0.25, -0.2) is 0 Å². The summed E-state index contributed by atoms with van der Waals surface area (Å²) >= 11 is 0. The van der Waals surface area contributed by atoms with Crippen LogP contribution in [0.1, 0.15) is 24.4 Å². The molecule has 0 saturated heterocycles. The summed E-state index contributed by atoms with van der Waals surface area (Å²) in [7, 11) is 0. The van der Waals surface area contributed by atoms with Gasteiger partial charge >= 0.3 is 5.97 Å². The molecule has 2 amide bonds. The maximum atomic E-state index is 12.2. The number of anilines is 1. The second-order valence-corrected chi connectivity index (χ2v) is 5.76. The molecule has 0 atom stereocenters. The number of hydrogen-bond donors (Lipinski definition) is 2. The highest BCUT2D eigenvalue weighted by molar-refractivity contribution is 6.02. The van der Waals surface area contributed by atoms with Crippen molar-refractivity contribution in [3.05, 3.63) is 48.4 Å². The van der Waals surface area contributed by atoms with Gasteiger partial charge in [-0.2, -0.15) is 0 Å². The Morgan fingerprint density at radius 2 is 2.00 bits per heavy atom. The van der Waals surface area contributed by atoms with E-state index in [0.29, 0.717) is 11.4 Å². The smallest absolute Gasteiger partial charge is 0.323 e. The lowest BCUT2D eigenvalue weighted by atomic mass is 10.3. The molecule has 0 bridgehead atoms. The summed E-state index contributed by atoms with van der Waals surface area (Å²) in [5.74, 6) is -1.39. The van der Waals surface area contributed by atoms with Crippen LogP contribution in [0.4, 0.5) is 5.69 Å². The van der Waals surface area contributed by atoms with Crippen LogP contribution in [0.3, 0.4) is 0 Å². The van der Waals surface area contributed by atoms with E-state index in [-0.39, 0.29) is 25.0 Å². The lowest BCUT2D eigenvalue weighted by molar-refractivity contribution is -0.146. The molecule has 2 N–H and O–H groups in total. The Labute approximate surface area is 150 Å². The minimum absolute atomic E-state index is 0.174. The summed E-state index contributed by atoms with van der Waals surface area (Å²) < 4.78 is 10.5. The number of ether oxygens (including phenoxy) is 1. The van der Waals surface area contributed by atoms with Crippen LogP contribution in [0.15, 0.2) is 47.1 Å². The highest BCUT2D eigenvalue weighted by atomic mass is 16.5. The number of carboxylic acids is 1. The van der Waals surface area contributed by atoms with E-state index in [0.717, 1.165) is 0 Å². The molecule has 1 heterocycles. The van der Waals surface area contributed by atoms with Crippen LogP contribution in [0.2, 0.25) is 0 Å². The van der Waals surface area contributed by atoms with E-state index >= 15 is 0 Å². The molecular weight excluding hydrogens is 340 g/mol. The second kappa shape index (κ2) is 8.70. The van der Waals surface area contributed by atoms with Gasteiger partial charge in [-0.3, -0.25) is 14.4 Å². The van der Waals surface area contributed by atoms with Crippen LogP contribution in [-0.4, -0.2) is 47.0 Å². The number of rotatable bonds is 8. The molecule has 0 aliphatic heterocycles. The first-order valence-corrected chi connectivity index (χ1v) is 7.96. The molecule has 1 aromatic carbocycles. The van der Waals surface area contributed by atoms with Gasteiger partial charge in [0, 0.05) is 17.8 Å². The molecule has 0 spiro atoms. The number of furan rings is 1. The monoisotopic (exact) mass is 360 g/mol. The SMILES string of the molecule is CC(C)N(CC(=O)O)C(=O)COc1cccc(NC(=O)c2ccco2)c1. The third kappa shape index (κ3) is 5.37. The van der Waals surface area contributed by atoms with Crippen LogP contribution < -0.4 is 10.1 Å². The Kier molecular flexibility index (Phi) is 6.37. The summed E-state index contributed by atoms with van der Waals surface area (Å²) in [5, 5.41) is 11.5. The standard InChI is InChI=1S/C18H20N2O6/c1-12(2)20(10-17(22)23)16(21)11-26-14-6-3-5-13(9-14)19-18(24)15-7-4-8-25-15/h3-9,12H,10-11H2,1-2H3,(H,19,24)(H,22,23). The fraction of sp³-hybridized carbons (Fsp3) is 0.278. The normalized spacial score (nSPS) is 10.4. The quantitative estimate of drug-likeness (QED) is 0.747. The van der Waals surface area contributed by atoms with Gasteiger partial charge in [0.2, 0.25) is 0 Å². The van der Waals surface area contributed by atoms with E-state index < -0.39 is 17.8 Å². The van der Waals surface area contributed by atoms with Crippen molar-refractivity contribution in [1.29, 1.82) is 0 Å². The van der Waals surface area contributed by atoms with Crippen molar-refractivity contribution in [3.63, 3.8) is 0 Å². The maximum Gasteiger partial charge on any atom is 0.323 e. The second-order valence-electron chi connectivity index (χ2n) is 5.76. The fourth-order valence-corrected chi connectivity index (χ4v) is 2.20. The van der Waals surface area contributed by atoms with Crippen molar-refractivity contribution >= 4 is 23.5 Å². The average Bonchev–Trinajstić information content (AvgIpc) is 3.12. The zero-order valence-electron chi connectivity index (χ0n) is 14.5. The van der Waals surface area contributed by atoms with Crippen LogP contribution in [-0.2, 0) is 9.59 Å². The minimum atomic E-state index is -1.09. The molecule has 0 aliphatic carbocycles. The van der Waals surface area contributed by atoms with Gasteiger partial charge in [0.15, 0.2) is 12.4 Å². The van der Waals surface area contributed by atoms with E-state index in [1.807, 2.05) is 0 Å². The average molecular weight is 360 g/mol. The lowest BCUT2D eigenvalue weighted by Gasteiger charge is -2.24. The van der Waals surface area contributed by atoms with Gasteiger partial charge in [0.1, 0.15) is 12.3 Å². The summed E-state index contributed by atoms with van der Waals surface area (Å²) in [4.78, 5) is 36.2. The zero-order chi connectivity index (χ0) is 19.1. The number of hydrogen-bond acceptors (Lipinski definition) is 5. The van der Waals surface area contributed by atoms with Crippen LogP contribution in [0.25, 0.3) is 0 Å². The van der Waals surface area contributed by atoms with Crippen molar-refractivity contribution in [2.24, 2.45) is 0 Å². The highest BCUT2D eigenvalue weighted by Gasteiger charge is 2.20. The van der Waals surface area contributed by atoms with E-state index in [1.165, 1.54) is 17.2 Å². The summed E-state index contributed by atoms with van der Waals surface area (Å²) in [5.41, 5.74) is 0.475. The third-order valence-electron chi connectivity index (χ3n) is 3.45. The van der Waals surface area contributed by atoms with E-state index in [4.69, 9.17) is 14.3 Å². The Morgan fingerprint density at radius 3 is 2.62 bits per heavy atom. The van der Waals surface area contributed by atoms with Crippen LogP contribution in [0, 0.1) is 0 Å². The van der Waals surface area contributed by atoms with E-state index in [9.17, 15) is 14.4 Å². The molecule has 0 unspecified atom stereocenters. The molecule has 2 aromatic rings. The van der Waals surface area contributed by atoms with Gasteiger partial charge in [-0.15, -0.1) is 0 Å². The molecular formula is C18H20N2O6. The van der Waals surface area contributed by atoms with E-state index in [2.05, 4.69) is 5.32 Å². The van der Waals surface area contributed by atoms with Crippen molar-refractivity contribution in [2.75, 3.05) is 18.5 Å². The van der Waals surface area contributed by atoms with Gasteiger partial charge < -0.3 is 24.5 Å². The minimum Gasteiger partial charge on any atom is -0.484 e. The first kappa shape index (κ1) is 19.0. The van der Waals surface area contributed by atoms with Gasteiger partial charge in [-0.05, 0) is 38.1 Å². The molecule has 0 aliphatic rings.